The summed E-state index contributed by atoms with van der Waals surface area (Å²) in [7, 11) is 0. The Morgan fingerprint density at radius 2 is 2.18 bits per heavy atom. The Hall–Kier alpha value is -1.33. The van der Waals surface area contributed by atoms with E-state index < -0.39 is 0 Å². The SMILES string of the molecule is Cc1ccc(Br)c(Nc2nc(Cl)ncc2N)c1. The molecular weight excluding hydrogens is 304 g/mol. The molecule has 0 radical (unpaired) electrons. The monoisotopic (exact) mass is 312 g/mol. The van der Waals surface area contributed by atoms with Crippen molar-refractivity contribution in [1.82, 2.24) is 9.97 Å². The lowest BCUT2D eigenvalue weighted by Gasteiger charge is -2.10. The summed E-state index contributed by atoms with van der Waals surface area (Å²) < 4.78 is 0.928. The maximum Gasteiger partial charge on any atom is 0.224 e. The van der Waals surface area contributed by atoms with E-state index in [9.17, 15) is 0 Å². The molecule has 88 valence electrons. The third-order valence-electron chi connectivity index (χ3n) is 2.16. The number of aromatic nitrogens is 2. The first-order chi connectivity index (χ1) is 8.06. The number of anilines is 3. The van der Waals surface area contributed by atoms with Gasteiger partial charge in [-0.2, -0.15) is 4.98 Å². The lowest BCUT2D eigenvalue weighted by molar-refractivity contribution is 1.17. The topological polar surface area (TPSA) is 63.8 Å². The maximum atomic E-state index is 5.76. The van der Waals surface area contributed by atoms with E-state index in [4.69, 9.17) is 17.3 Å². The van der Waals surface area contributed by atoms with E-state index in [2.05, 4.69) is 31.2 Å². The highest BCUT2D eigenvalue weighted by Gasteiger charge is 2.06. The molecule has 0 bridgehead atoms. The van der Waals surface area contributed by atoms with Crippen LogP contribution in [0, 0.1) is 6.92 Å². The number of nitrogen functional groups attached to an aromatic ring is 1. The van der Waals surface area contributed by atoms with E-state index in [0.717, 1.165) is 15.7 Å². The molecule has 0 aliphatic rings. The van der Waals surface area contributed by atoms with E-state index in [-0.39, 0.29) is 5.28 Å². The normalized spacial score (nSPS) is 10.3. The Balaban J connectivity index is 2.37. The quantitative estimate of drug-likeness (QED) is 0.833. The number of nitrogens with two attached hydrogens (primary N) is 1. The molecule has 0 spiro atoms. The van der Waals surface area contributed by atoms with Crippen LogP contribution >= 0.6 is 27.5 Å². The highest BCUT2D eigenvalue weighted by molar-refractivity contribution is 9.10. The van der Waals surface area contributed by atoms with E-state index >= 15 is 0 Å². The van der Waals surface area contributed by atoms with Crippen molar-refractivity contribution >= 4 is 44.7 Å². The second-order valence-corrected chi connectivity index (χ2v) is 4.74. The maximum absolute atomic E-state index is 5.76. The fraction of sp³-hybridized carbons (Fsp3) is 0.0909. The first kappa shape index (κ1) is 12.1. The average molecular weight is 314 g/mol. The number of halogens is 2. The minimum Gasteiger partial charge on any atom is -0.394 e. The van der Waals surface area contributed by atoms with Crippen molar-refractivity contribution in [3.63, 3.8) is 0 Å². The predicted molar refractivity (Wildman–Crippen MR) is 73.6 cm³/mol. The predicted octanol–water partition coefficient (Wildman–Crippen LogP) is 3.53. The number of nitrogens with one attached hydrogen (secondary N) is 1. The van der Waals surface area contributed by atoms with Crippen LogP contribution in [-0.2, 0) is 0 Å². The molecule has 0 aliphatic carbocycles. The van der Waals surface area contributed by atoms with Gasteiger partial charge in [0.15, 0.2) is 5.82 Å². The molecule has 3 N–H and O–H groups in total. The molecule has 1 aromatic heterocycles. The van der Waals surface area contributed by atoms with Crippen LogP contribution in [-0.4, -0.2) is 9.97 Å². The van der Waals surface area contributed by atoms with Crippen LogP contribution in [0.2, 0.25) is 5.28 Å². The van der Waals surface area contributed by atoms with Crippen LogP contribution < -0.4 is 11.1 Å². The second kappa shape index (κ2) is 4.89. The summed E-state index contributed by atoms with van der Waals surface area (Å²) in [5.41, 5.74) is 8.23. The van der Waals surface area contributed by atoms with Gasteiger partial charge in [-0.1, -0.05) is 6.07 Å². The van der Waals surface area contributed by atoms with Crippen molar-refractivity contribution in [2.45, 2.75) is 6.92 Å². The van der Waals surface area contributed by atoms with Crippen molar-refractivity contribution < 1.29 is 0 Å². The number of rotatable bonds is 2. The molecule has 0 saturated heterocycles. The summed E-state index contributed by atoms with van der Waals surface area (Å²) in [5, 5.41) is 3.27. The molecule has 0 fully saturated rings. The molecule has 1 heterocycles. The lowest BCUT2D eigenvalue weighted by Crippen LogP contribution is -2.01. The van der Waals surface area contributed by atoms with Crippen LogP contribution in [0.25, 0.3) is 0 Å². The second-order valence-electron chi connectivity index (χ2n) is 3.55. The van der Waals surface area contributed by atoms with Gasteiger partial charge in [0.25, 0.3) is 0 Å². The highest BCUT2D eigenvalue weighted by atomic mass is 79.9. The summed E-state index contributed by atoms with van der Waals surface area (Å²) in [6.45, 7) is 2.01. The van der Waals surface area contributed by atoms with Crippen LogP contribution in [0.5, 0.6) is 0 Å². The van der Waals surface area contributed by atoms with Gasteiger partial charge < -0.3 is 11.1 Å². The Bertz CT molecular complexity index is 510. The Kier molecular flexibility index (Phi) is 3.49. The number of aryl methyl sites for hydroxylation is 1. The number of benzene rings is 1. The third kappa shape index (κ3) is 2.87. The average Bonchev–Trinajstić information content (AvgIpc) is 2.28. The van der Waals surface area contributed by atoms with Crippen LogP contribution in [0.15, 0.2) is 28.9 Å². The van der Waals surface area contributed by atoms with E-state index in [1.165, 1.54) is 6.20 Å². The Morgan fingerprint density at radius 3 is 2.94 bits per heavy atom. The molecule has 6 heteroatoms. The van der Waals surface area contributed by atoms with Gasteiger partial charge in [-0.25, -0.2) is 4.98 Å². The molecule has 2 aromatic rings. The largest absolute Gasteiger partial charge is 0.394 e. The minimum absolute atomic E-state index is 0.158. The zero-order chi connectivity index (χ0) is 12.4. The smallest absolute Gasteiger partial charge is 0.224 e. The number of hydrogen-bond donors (Lipinski definition) is 2. The summed E-state index contributed by atoms with van der Waals surface area (Å²) in [6.07, 6.45) is 1.47. The molecule has 1 aromatic carbocycles. The van der Waals surface area contributed by atoms with Crippen molar-refractivity contribution in [3.8, 4) is 0 Å². The fourth-order valence-electron chi connectivity index (χ4n) is 1.33. The van der Waals surface area contributed by atoms with Crippen LogP contribution in [0.3, 0.4) is 0 Å². The summed E-state index contributed by atoms with van der Waals surface area (Å²) >= 11 is 9.18. The molecule has 0 amide bonds. The molecule has 2 rings (SSSR count). The molecule has 17 heavy (non-hydrogen) atoms. The number of hydrogen-bond acceptors (Lipinski definition) is 4. The van der Waals surface area contributed by atoms with Gasteiger partial charge in [-0.15, -0.1) is 0 Å². The molecular formula is C11H10BrClN4. The zero-order valence-electron chi connectivity index (χ0n) is 9.04. The molecule has 0 atom stereocenters. The molecule has 0 unspecified atom stereocenters. The summed E-state index contributed by atoms with van der Waals surface area (Å²) in [4.78, 5) is 7.83. The Morgan fingerprint density at radius 1 is 1.41 bits per heavy atom. The molecule has 0 aliphatic heterocycles. The van der Waals surface area contributed by atoms with E-state index in [0.29, 0.717) is 11.5 Å². The van der Waals surface area contributed by atoms with Gasteiger partial charge in [0.1, 0.15) is 0 Å². The van der Waals surface area contributed by atoms with Crippen molar-refractivity contribution in [1.29, 1.82) is 0 Å². The van der Waals surface area contributed by atoms with E-state index in [1.54, 1.807) is 0 Å². The third-order valence-corrected chi connectivity index (χ3v) is 3.04. The van der Waals surface area contributed by atoms with Gasteiger partial charge in [0.05, 0.1) is 17.6 Å². The highest BCUT2D eigenvalue weighted by Crippen LogP contribution is 2.28. The van der Waals surface area contributed by atoms with Gasteiger partial charge in [0.2, 0.25) is 5.28 Å². The summed E-state index contributed by atoms with van der Waals surface area (Å²) in [5.74, 6) is 0.497. The lowest BCUT2D eigenvalue weighted by atomic mass is 10.2. The van der Waals surface area contributed by atoms with Crippen LogP contribution in [0.4, 0.5) is 17.2 Å². The minimum atomic E-state index is 0.158. The Labute approximate surface area is 112 Å². The number of nitrogens with zero attached hydrogens (tertiary/aromatic N) is 2. The van der Waals surface area contributed by atoms with Gasteiger partial charge >= 0.3 is 0 Å². The molecule has 4 nitrogen and oxygen atoms in total. The van der Waals surface area contributed by atoms with Crippen molar-refractivity contribution in [3.05, 3.63) is 39.7 Å². The van der Waals surface area contributed by atoms with Gasteiger partial charge in [-0.05, 0) is 52.2 Å². The summed E-state index contributed by atoms with van der Waals surface area (Å²) in [6, 6.07) is 5.95. The van der Waals surface area contributed by atoms with Crippen molar-refractivity contribution in [2.75, 3.05) is 11.1 Å². The van der Waals surface area contributed by atoms with Crippen LogP contribution in [0.1, 0.15) is 5.56 Å². The first-order valence-corrected chi connectivity index (χ1v) is 6.04. The van der Waals surface area contributed by atoms with Gasteiger partial charge in [-0.3, -0.25) is 0 Å². The standard InChI is InChI=1S/C11H10BrClN4/c1-6-2-3-7(12)9(4-6)16-10-8(14)5-15-11(13)17-10/h2-5H,14H2,1H3,(H,15,16,17). The molecule has 0 saturated carbocycles. The van der Waals surface area contributed by atoms with Gasteiger partial charge in [0, 0.05) is 4.47 Å². The first-order valence-electron chi connectivity index (χ1n) is 4.87. The van der Waals surface area contributed by atoms with Crippen molar-refractivity contribution in [2.24, 2.45) is 0 Å². The zero-order valence-corrected chi connectivity index (χ0v) is 11.4. The fourth-order valence-corrected chi connectivity index (χ4v) is 1.81. The van der Waals surface area contributed by atoms with E-state index in [1.807, 2.05) is 25.1 Å².